The molecule has 100 valence electrons. The first-order valence-electron chi connectivity index (χ1n) is 6.23. The molecular formula is C13H19NO4. The summed E-state index contributed by atoms with van der Waals surface area (Å²) in [5.41, 5.74) is 0.254. The molecule has 5 nitrogen and oxygen atoms in total. The predicted molar refractivity (Wildman–Crippen MR) is 65.7 cm³/mol. The van der Waals surface area contributed by atoms with Crippen LogP contribution < -0.4 is 0 Å². The molecule has 0 radical (unpaired) electrons. The fourth-order valence-corrected chi connectivity index (χ4v) is 2.28. The molecule has 5 heteroatoms. The van der Waals surface area contributed by atoms with Crippen LogP contribution in [0.3, 0.4) is 0 Å². The molecule has 2 heterocycles. The van der Waals surface area contributed by atoms with Crippen LogP contribution in [0.2, 0.25) is 0 Å². The van der Waals surface area contributed by atoms with Crippen LogP contribution in [0.15, 0.2) is 10.5 Å². The highest BCUT2D eigenvalue weighted by Crippen LogP contribution is 2.17. The molecule has 0 saturated carbocycles. The molecule has 0 spiro atoms. The van der Waals surface area contributed by atoms with Gasteiger partial charge in [-0.3, -0.25) is 4.90 Å². The molecule has 0 aliphatic carbocycles. The lowest BCUT2D eigenvalue weighted by Crippen LogP contribution is -2.29. The van der Waals surface area contributed by atoms with Gasteiger partial charge in [0.2, 0.25) is 0 Å². The zero-order chi connectivity index (χ0) is 13.1. The Morgan fingerprint density at radius 1 is 1.61 bits per heavy atom. The van der Waals surface area contributed by atoms with Crippen molar-refractivity contribution in [1.82, 2.24) is 4.90 Å². The van der Waals surface area contributed by atoms with Gasteiger partial charge in [-0.2, -0.15) is 0 Å². The number of carboxylic acids is 1. The molecule has 1 aromatic heterocycles. The van der Waals surface area contributed by atoms with Gasteiger partial charge in [0.25, 0.3) is 0 Å². The summed E-state index contributed by atoms with van der Waals surface area (Å²) in [6, 6.07) is 1.62. The van der Waals surface area contributed by atoms with E-state index in [1.54, 1.807) is 13.0 Å². The van der Waals surface area contributed by atoms with Gasteiger partial charge in [0.05, 0.1) is 12.6 Å². The van der Waals surface area contributed by atoms with Crippen molar-refractivity contribution in [1.29, 1.82) is 0 Å². The van der Waals surface area contributed by atoms with Crippen molar-refractivity contribution in [3.8, 4) is 0 Å². The van der Waals surface area contributed by atoms with E-state index in [-0.39, 0.29) is 11.7 Å². The average Bonchev–Trinajstić information content (AvgIpc) is 2.52. The minimum absolute atomic E-state index is 0.211. The zero-order valence-corrected chi connectivity index (χ0v) is 10.8. The number of rotatable bonds is 3. The van der Waals surface area contributed by atoms with Gasteiger partial charge < -0.3 is 14.3 Å². The molecule has 1 N–H and O–H groups in total. The number of carbonyl (C=O) groups is 1. The largest absolute Gasteiger partial charge is 0.478 e. The summed E-state index contributed by atoms with van der Waals surface area (Å²) in [6.45, 7) is 6.96. The number of hydrogen-bond acceptors (Lipinski definition) is 4. The monoisotopic (exact) mass is 253 g/mol. The molecule has 1 atom stereocenters. The third kappa shape index (κ3) is 3.11. The molecule has 1 aliphatic heterocycles. The highest BCUT2D eigenvalue weighted by molar-refractivity contribution is 5.88. The third-order valence-electron chi connectivity index (χ3n) is 3.12. The maximum absolute atomic E-state index is 10.9. The van der Waals surface area contributed by atoms with E-state index in [1.807, 2.05) is 6.92 Å². The van der Waals surface area contributed by atoms with Crippen molar-refractivity contribution in [2.75, 3.05) is 19.7 Å². The topological polar surface area (TPSA) is 62.9 Å². The van der Waals surface area contributed by atoms with Crippen molar-refractivity contribution < 1.29 is 19.1 Å². The Labute approximate surface area is 106 Å². The Morgan fingerprint density at radius 3 is 3.06 bits per heavy atom. The Bertz CT molecular complexity index is 427. The van der Waals surface area contributed by atoms with E-state index in [0.717, 1.165) is 26.1 Å². The number of nitrogens with zero attached hydrogens (tertiary/aromatic N) is 1. The van der Waals surface area contributed by atoms with Gasteiger partial charge in [-0.1, -0.05) is 0 Å². The molecule has 0 aromatic carbocycles. The summed E-state index contributed by atoms with van der Waals surface area (Å²) in [5, 5.41) is 8.98. The second-order valence-electron chi connectivity index (χ2n) is 4.76. The first kappa shape index (κ1) is 13.1. The maximum Gasteiger partial charge on any atom is 0.339 e. The Balaban J connectivity index is 2.04. The van der Waals surface area contributed by atoms with Gasteiger partial charge in [0.15, 0.2) is 0 Å². The van der Waals surface area contributed by atoms with Crippen LogP contribution in [0, 0.1) is 6.92 Å². The van der Waals surface area contributed by atoms with Crippen molar-refractivity contribution >= 4 is 5.97 Å². The Morgan fingerprint density at radius 2 is 2.39 bits per heavy atom. The molecule has 1 saturated heterocycles. The summed E-state index contributed by atoms with van der Waals surface area (Å²) in [6.07, 6.45) is 1.21. The van der Waals surface area contributed by atoms with E-state index in [4.69, 9.17) is 14.3 Å². The zero-order valence-electron chi connectivity index (χ0n) is 10.8. The summed E-state index contributed by atoms with van der Waals surface area (Å²) in [4.78, 5) is 13.2. The van der Waals surface area contributed by atoms with Crippen LogP contribution in [0.4, 0.5) is 0 Å². The van der Waals surface area contributed by atoms with Gasteiger partial charge in [-0.25, -0.2) is 4.79 Å². The minimum atomic E-state index is -0.935. The first-order valence-corrected chi connectivity index (χ1v) is 6.23. The minimum Gasteiger partial charge on any atom is -0.478 e. The Kier molecular flexibility index (Phi) is 4.04. The van der Waals surface area contributed by atoms with Crippen LogP contribution in [-0.4, -0.2) is 41.8 Å². The highest BCUT2D eigenvalue weighted by atomic mass is 16.5. The van der Waals surface area contributed by atoms with E-state index < -0.39 is 5.97 Å². The standard InChI is InChI=1S/C13H19NO4/c1-9-7-14(4-3-5-17-9)8-11-6-12(13(15)16)10(2)18-11/h6,9H,3-5,7-8H2,1-2H3,(H,15,16). The summed E-state index contributed by atoms with van der Waals surface area (Å²) in [5.74, 6) is 0.241. The van der Waals surface area contributed by atoms with Crippen LogP contribution in [0.25, 0.3) is 0 Å². The molecule has 0 bridgehead atoms. The molecular weight excluding hydrogens is 234 g/mol. The maximum atomic E-state index is 10.9. The van der Waals surface area contributed by atoms with Crippen LogP contribution in [0.1, 0.15) is 35.2 Å². The number of ether oxygens (including phenoxy) is 1. The second kappa shape index (κ2) is 5.54. The number of carboxylic acid groups (broad SMARTS) is 1. The first-order chi connectivity index (χ1) is 8.56. The lowest BCUT2D eigenvalue weighted by molar-refractivity contribution is 0.0658. The van der Waals surface area contributed by atoms with Crippen LogP contribution in [0.5, 0.6) is 0 Å². The average molecular weight is 253 g/mol. The number of hydrogen-bond donors (Lipinski definition) is 1. The summed E-state index contributed by atoms with van der Waals surface area (Å²) < 4.78 is 11.1. The van der Waals surface area contributed by atoms with Crippen molar-refractivity contribution in [2.45, 2.75) is 32.9 Å². The molecule has 1 aliphatic rings. The summed E-state index contributed by atoms with van der Waals surface area (Å²) >= 11 is 0. The number of aryl methyl sites for hydroxylation is 1. The fraction of sp³-hybridized carbons (Fsp3) is 0.615. The molecule has 2 rings (SSSR count). The van der Waals surface area contributed by atoms with Crippen LogP contribution >= 0.6 is 0 Å². The van der Waals surface area contributed by atoms with E-state index in [1.165, 1.54) is 0 Å². The Hall–Kier alpha value is -1.33. The quantitative estimate of drug-likeness (QED) is 0.891. The van der Waals surface area contributed by atoms with Gasteiger partial charge in [0.1, 0.15) is 17.1 Å². The van der Waals surface area contributed by atoms with Crippen molar-refractivity contribution in [2.24, 2.45) is 0 Å². The lowest BCUT2D eigenvalue weighted by Gasteiger charge is -2.20. The SMILES string of the molecule is Cc1oc(CN2CCCOC(C)C2)cc1C(=O)O. The van der Waals surface area contributed by atoms with Crippen LogP contribution in [-0.2, 0) is 11.3 Å². The number of furan rings is 1. The van der Waals surface area contributed by atoms with Crippen molar-refractivity contribution in [3.63, 3.8) is 0 Å². The molecule has 18 heavy (non-hydrogen) atoms. The second-order valence-corrected chi connectivity index (χ2v) is 4.76. The molecule has 0 amide bonds. The summed E-state index contributed by atoms with van der Waals surface area (Å²) in [7, 11) is 0. The molecule has 1 fully saturated rings. The predicted octanol–water partition coefficient (Wildman–Crippen LogP) is 1.90. The third-order valence-corrected chi connectivity index (χ3v) is 3.12. The van der Waals surface area contributed by atoms with E-state index in [0.29, 0.717) is 18.1 Å². The van der Waals surface area contributed by atoms with Gasteiger partial charge in [0, 0.05) is 19.7 Å². The van der Waals surface area contributed by atoms with Gasteiger partial charge in [-0.15, -0.1) is 0 Å². The normalized spacial score (nSPS) is 21.8. The highest BCUT2D eigenvalue weighted by Gasteiger charge is 2.19. The fourth-order valence-electron chi connectivity index (χ4n) is 2.28. The molecule has 1 unspecified atom stereocenters. The smallest absolute Gasteiger partial charge is 0.339 e. The van der Waals surface area contributed by atoms with E-state index >= 15 is 0 Å². The molecule has 1 aromatic rings. The number of aromatic carboxylic acids is 1. The van der Waals surface area contributed by atoms with Gasteiger partial charge in [-0.05, 0) is 26.3 Å². The van der Waals surface area contributed by atoms with E-state index in [9.17, 15) is 4.79 Å². The van der Waals surface area contributed by atoms with Crippen molar-refractivity contribution in [3.05, 3.63) is 23.2 Å². The van der Waals surface area contributed by atoms with Gasteiger partial charge >= 0.3 is 5.97 Å². The van der Waals surface area contributed by atoms with E-state index in [2.05, 4.69) is 4.90 Å². The lowest BCUT2D eigenvalue weighted by atomic mass is 10.2.